The van der Waals surface area contributed by atoms with Crippen molar-refractivity contribution in [3.8, 4) is 0 Å². The molecule has 1 rings (SSSR count). The summed E-state index contributed by atoms with van der Waals surface area (Å²) in [6.45, 7) is 3.74. The number of nitrogens with one attached hydrogen (secondary N) is 1. The van der Waals surface area contributed by atoms with Crippen molar-refractivity contribution < 1.29 is 9.53 Å². The Hall–Kier alpha value is -0.940. The fraction of sp³-hybridized carbons (Fsp3) is 0.556. The molecule has 1 N–H and O–H groups in total. The number of hydrogen-bond donors (Lipinski definition) is 1. The summed E-state index contributed by atoms with van der Waals surface area (Å²) >= 11 is 1.54. The first-order valence-electron chi connectivity index (χ1n) is 4.37. The molecule has 0 bridgehead atoms. The standard InChI is InChI=1S/C9H14N2O2S/c1-6(8-4-14-5-10-8)11-7(2)9(12)13-3/h4-7,11H,1-3H3. The van der Waals surface area contributed by atoms with E-state index in [1.165, 1.54) is 7.11 Å². The van der Waals surface area contributed by atoms with Gasteiger partial charge in [0, 0.05) is 11.4 Å². The number of methoxy groups -OCH3 is 1. The molecule has 0 saturated heterocycles. The Kier molecular flexibility index (Phi) is 4.03. The summed E-state index contributed by atoms with van der Waals surface area (Å²) in [6, 6.07) is -0.243. The molecule has 2 unspecified atom stereocenters. The first-order chi connectivity index (χ1) is 6.65. The van der Waals surface area contributed by atoms with Gasteiger partial charge in [-0.25, -0.2) is 4.98 Å². The molecule has 0 fully saturated rings. The molecule has 0 spiro atoms. The number of rotatable bonds is 4. The fourth-order valence-electron chi connectivity index (χ4n) is 1.14. The van der Waals surface area contributed by atoms with E-state index in [4.69, 9.17) is 0 Å². The number of esters is 1. The molecule has 0 aliphatic carbocycles. The maximum Gasteiger partial charge on any atom is 0.322 e. The Bertz CT molecular complexity index is 287. The van der Waals surface area contributed by atoms with E-state index in [1.54, 1.807) is 23.8 Å². The zero-order valence-electron chi connectivity index (χ0n) is 8.48. The third-order valence-corrected chi connectivity index (χ3v) is 2.55. The van der Waals surface area contributed by atoms with E-state index < -0.39 is 0 Å². The minimum Gasteiger partial charge on any atom is -0.468 e. The number of aromatic nitrogens is 1. The topological polar surface area (TPSA) is 51.2 Å². The quantitative estimate of drug-likeness (QED) is 0.769. The van der Waals surface area contributed by atoms with Crippen LogP contribution in [0.15, 0.2) is 10.9 Å². The molecule has 0 amide bonds. The van der Waals surface area contributed by atoms with Gasteiger partial charge in [-0.05, 0) is 13.8 Å². The van der Waals surface area contributed by atoms with Crippen LogP contribution < -0.4 is 5.32 Å². The SMILES string of the molecule is COC(=O)C(C)NC(C)c1cscn1. The van der Waals surface area contributed by atoms with Gasteiger partial charge in [-0.15, -0.1) is 11.3 Å². The summed E-state index contributed by atoms with van der Waals surface area (Å²) in [5, 5.41) is 5.06. The monoisotopic (exact) mass is 214 g/mol. The van der Waals surface area contributed by atoms with Crippen molar-refractivity contribution in [2.45, 2.75) is 25.9 Å². The summed E-state index contributed by atoms with van der Waals surface area (Å²) in [4.78, 5) is 15.3. The molecule has 5 heteroatoms. The summed E-state index contributed by atoms with van der Waals surface area (Å²) in [5.41, 5.74) is 2.72. The lowest BCUT2D eigenvalue weighted by molar-refractivity contribution is -0.142. The Morgan fingerprint density at radius 2 is 2.36 bits per heavy atom. The molecule has 0 saturated carbocycles. The van der Waals surface area contributed by atoms with Crippen molar-refractivity contribution in [3.63, 3.8) is 0 Å². The smallest absolute Gasteiger partial charge is 0.322 e. The Labute approximate surface area is 87.3 Å². The van der Waals surface area contributed by atoms with Crippen LogP contribution in [0, 0.1) is 0 Å². The van der Waals surface area contributed by atoms with Crippen LogP contribution in [0.5, 0.6) is 0 Å². The zero-order chi connectivity index (χ0) is 10.6. The second kappa shape index (κ2) is 5.07. The molecule has 2 atom stereocenters. The van der Waals surface area contributed by atoms with E-state index >= 15 is 0 Å². The van der Waals surface area contributed by atoms with Gasteiger partial charge in [0.25, 0.3) is 0 Å². The van der Waals surface area contributed by atoms with E-state index in [2.05, 4.69) is 15.0 Å². The largest absolute Gasteiger partial charge is 0.468 e. The normalized spacial score (nSPS) is 14.8. The van der Waals surface area contributed by atoms with Crippen LogP contribution in [0.4, 0.5) is 0 Å². The van der Waals surface area contributed by atoms with Gasteiger partial charge in [0.05, 0.1) is 18.3 Å². The van der Waals surface area contributed by atoms with E-state index in [0.29, 0.717) is 0 Å². The molecule has 0 aromatic carbocycles. The molecule has 78 valence electrons. The van der Waals surface area contributed by atoms with Crippen molar-refractivity contribution in [2.24, 2.45) is 0 Å². The van der Waals surface area contributed by atoms with Gasteiger partial charge in [-0.1, -0.05) is 0 Å². The Morgan fingerprint density at radius 1 is 1.64 bits per heavy atom. The van der Waals surface area contributed by atoms with Gasteiger partial charge in [0.2, 0.25) is 0 Å². The highest BCUT2D eigenvalue weighted by atomic mass is 32.1. The van der Waals surface area contributed by atoms with Gasteiger partial charge in [0.15, 0.2) is 0 Å². The highest BCUT2D eigenvalue weighted by Crippen LogP contribution is 2.12. The fourth-order valence-corrected chi connectivity index (χ4v) is 1.79. The highest BCUT2D eigenvalue weighted by Gasteiger charge is 2.17. The average molecular weight is 214 g/mol. The maximum absolute atomic E-state index is 11.1. The molecular formula is C9H14N2O2S. The van der Waals surface area contributed by atoms with Crippen LogP contribution in [-0.2, 0) is 9.53 Å². The molecule has 1 aromatic heterocycles. The Morgan fingerprint density at radius 3 is 2.86 bits per heavy atom. The van der Waals surface area contributed by atoms with Crippen LogP contribution in [0.1, 0.15) is 25.6 Å². The van der Waals surface area contributed by atoms with Crippen molar-refractivity contribution in [3.05, 3.63) is 16.6 Å². The number of carbonyl (C=O) groups excluding carboxylic acids is 1. The lowest BCUT2D eigenvalue weighted by Crippen LogP contribution is -2.36. The third-order valence-electron chi connectivity index (χ3n) is 1.95. The van der Waals surface area contributed by atoms with Gasteiger partial charge in [-0.3, -0.25) is 10.1 Å². The molecular weight excluding hydrogens is 200 g/mol. The summed E-state index contributed by atoms with van der Waals surface area (Å²) in [6.07, 6.45) is 0. The second-order valence-electron chi connectivity index (χ2n) is 3.05. The highest BCUT2D eigenvalue weighted by molar-refractivity contribution is 7.07. The molecule has 0 radical (unpaired) electrons. The summed E-state index contributed by atoms with van der Waals surface area (Å²) in [5.74, 6) is -0.257. The Balaban J connectivity index is 2.49. The summed E-state index contributed by atoms with van der Waals surface area (Å²) < 4.78 is 4.61. The predicted molar refractivity (Wildman–Crippen MR) is 55.1 cm³/mol. The maximum atomic E-state index is 11.1. The van der Waals surface area contributed by atoms with Gasteiger partial charge in [0.1, 0.15) is 6.04 Å². The number of nitrogens with zero attached hydrogens (tertiary/aromatic N) is 1. The van der Waals surface area contributed by atoms with Crippen molar-refractivity contribution in [1.29, 1.82) is 0 Å². The zero-order valence-corrected chi connectivity index (χ0v) is 9.30. The first kappa shape index (κ1) is 11.1. The lowest BCUT2D eigenvalue weighted by Gasteiger charge is -2.16. The molecule has 1 heterocycles. The minimum atomic E-state index is -0.309. The molecule has 14 heavy (non-hydrogen) atoms. The van der Waals surface area contributed by atoms with Crippen molar-refractivity contribution >= 4 is 17.3 Å². The van der Waals surface area contributed by atoms with Gasteiger partial charge < -0.3 is 4.74 Å². The molecule has 4 nitrogen and oxygen atoms in total. The van der Waals surface area contributed by atoms with Crippen LogP contribution in [0.2, 0.25) is 0 Å². The number of thiazole rings is 1. The summed E-state index contributed by atoms with van der Waals surface area (Å²) in [7, 11) is 1.38. The van der Waals surface area contributed by atoms with Crippen LogP contribution in [0.3, 0.4) is 0 Å². The van der Waals surface area contributed by atoms with E-state index in [9.17, 15) is 4.79 Å². The van der Waals surface area contributed by atoms with Crippen LogP contribution in [-0.4, -0.2) is 24.1 Å². The van der Waals surface area contributed by atoms with Crippen LogP contribution >= 0.6 is 11.3 Å². The first-order valence-corrected chi connectivity index (χ1v) is 5.31. The molecule has 1 aromatic rings. The van der Waals surface area contributed by atoms with E-state index in [-0.39, 0.29) is 18.1 Å². The number of hydrogen-bond acceptors (Lipinski definition) is 5. The van der Waals surface area contributed by atoms with Crippen molar-refractivity contribution in [2.75, 3.05) is 7.11 Å². The van der Waals surface area contributed by atoms with E-state index in [1.807, 2.05) is 12.3 Å². The van der Waals surface area contributed by atoms with Crippen molar-refractivity contribution in [1.82, 2.24) is 10.3 Å². The number of carbonyl (C=O) groups is 1. The molecule has 0 aliphatic rings. The number of ether oxygens (including phenoxy) is 1. The second-order valence-corrected chi connectivity index (χ2v) is 3.77. The average Bonchev–Trinajstić information content (AvgIpc) is 2.69. The van der Waals surface area contributed by atoms with E-state index in [0.717, 1.165) is 5.69 Å². The molecule has 0 aliphatic heterocycles. The predicted octanol–water partition coefficient (Wildman–Crippen LogP) is 1.36. The third kappa shape index (κ3) is 2.78. The lowest BCUT2D eigenvalue weighted by atomic mass is 10.2. The van der Waals surface area contributed by atoms with Crippen LogP contribution in [0.25, 0.3) is 0 Å². The minimum absolute atomic E-state index is 0.0651. The van der Waals surface area contributed by atoms with Gasteiger partial charge in [-0.2, -0.15) is 0 Å². The van der Waals surface area contributed by atoms with Gasteiger partial charge >= 0.3 is 5.97 Å².